The van der Waals surface area contributed by atoms with Gasteiger partial charge in [-0.25, -0.2) is 13.2 Å². The predicted molar refractivity (Wildman–Crippen MR) is 90.2 cm³/mol. The lowest BCUT2D eigenvalue weighted by Crippen LogP contribution is -2.23. The first kappa shape index (κ1) is 17.1. The van der Waals surface area contributed by atoms with Crippen LogP contribution in [0.1, 0.15) is 0 Å². The van der Waals surface area contributed by atoms with Crippen molar-refractivity contribution in [2.75, 3.05) is 6.61 Å². The average molecular weight is 374 g/mol. The maximum atomic E-state index is 13.9. The fourth-order valence-corrected chi connectivity index (χ4v) is 2.81. The summed E-state index contributed by atoms with van der Waals surface area (Å²) in [5.41, 5.74) is -0.0141. The van der Waals surface area contributed by atoms with Crippen molar-refractivity contribution in [3.05, 3.63) is 76.5 Å². The van der Waals surface area contributed by atoms with Crippen molar-refractivity contribution >= 4 is 0 Å². The molecule has 0 saturated carbocycles. The van der Waals surface area contributed by atoms with E-state index in [0.717, 1.165) is 6.07 Å². The van der Waals surface area contributed by atoms with Crippen LogP contribution in [0.25, 0.3) is 11.1 Å². The van der Waals surface area contributed by atoms with Crippen LogP contribution in [0.5, 0.6) is 11.8 Å². The van der Waals surface area contributed by atoms with Crippen molar-refractivity contribution in [3.63, 3.8) is 0 Å². The summed E-state index contributed by atoms with van der Waals surface area (Å²) in [5.74, 6) is -3.46. The Bertz CT molecular complexity index is 1050. The van der Waals surface area contributed by atoms with E-state index in [4.69, 9.17) is 9.47 Å². The summed E-state index contributed by atoms with van der Waals surface area (Å²) in [7, 11) is 0. The fourth-order valence-electron chi connectivity index (χ4n) is 2.81. The zero-order chi connectivity index (χ0) is 19.0. The lowest BCUT2D eigenvalue weighted by atomic mass is 10.0. The molecule has 1 aliphatic heterocycles. The second-order valence-corrected chi connectivity index (χ2v) is 6.00. The number of hydrogen-bond donors (Lipinski definition) is 0. The third-order valence-electron chi connectivity index (χ3n) is 4.16. The Labute approximate surface area is 151 Å². The number of ether oxygens (including phenoxy) is 2. The smallest absolute Gasteiger partial charge is 0.300 e. The van der Waals surface area contributed by atoms with Gasteiger partial charge in [0.05, 0.1) is 6.54 Å². The van der Waals surface area contributed by atoms with Crippen LogP contribution in [0.15, 0.2) is 53.5 Å². The molecule has 5 nitrogen and oxygen atoms in total. The predicted octanol–water partition coefficient (Wildman–Crippen LogP) is 3.17. The third kappa shape index (κ3) is 3.38. The fraction of sp³-hybridized carbons (Fsp3) is 0.158. The molecule has 2 aromatic carbocycles. The van der Waals surface area contributed by atoms with E-state index in [1.807, 2.05) is 0 Å². The van der Waals surface area contributed by atoms with E-state index >= 15 is 0 Å². The zero-order valence-corrected chi connectivity index (χ0v) is 13.9. The van der Waals surface area contributed by atoms with Gasteiger partial charge in [-0.3, -0.25) is 9.36 Å². The number of fused-ring (bicyclic) bond motifs is 1. The Morgan fingerprint density at radius 2 is 1.85 bits per heavy atom. The summed E-state index contributed by atoms with van der Waals surface area (Å²) in [6.45, 7) is 0.719. The number of aromatic nitrogens is 2. The van der Waals surface area contributed by atoms with Gasteiger partial charge in [0.15, 0.2) is 23.6 Å². The second-order valence-electron chi connectivity index (χ2n) is 6.00. The Morgan fingerprint density at radius 3 is 2.63 bits per heavy atom. The van der Waals surface area contributed by atoms with Crippen molar-refractivity contribution in [1.82, 2.24) is 9.55 Å². The molecule has 0 radical (unpaired) electrons. The molecule has 8 heteroatoms. The maximum absolute atomic E-state index is 13.9. The SMILES string of the molecule is O=c1ccn2c(n1)OC(COc1ccc(-c3ccc(F)c(F)c3F)cc1)C2. The maximum Gasteiger partial charge on any atom is 0.300 e. The summed E-state index contributed by atoms with van der Waals surface area (Å²) in [6, 6.07) is 9.96. The van der Waals surface area contributed by atoms with Crippen LogP contribution < -0.4 is 15.0 Å². The standard InChI is InChI=1S/C19H13F3N2O3/c20-15-6-5-14(17(21)18(15)22)11-1-3-12(4-2-11)26-10-13-9-24-8-7-16(25)23-19(24)27-13/h1-8,13H,9-10H2. The summed E-state index contributed by atoms with van der Waals surface area (Å²) in [6.07, 6.45) is 1.30. The highest BCUT2D eigenvalue weighted by molar-refractivity contribution is 5.65. The van der Waals surface area contributed by atoms with Gasteiger partial charge < -0.3 is 9.47 Å². The monoisotopic (exact) mass is 374 g/mol. The van der Waals surface area contributed by atoms with E-state index in [1.54, 1.807) is 35.0 Å². The van der Waals surface area contributed by atoms with Gasteiger partial charge in [0.1, 0.15) is 12.4 Å². The number of nitrogens with zero attached hydrogens (tertiary/aromatic N) is 2. The normalized spacial score (nSPS) is 15.3. The molecule has 3 aromatic rings. The topological polar surface area (TPSA) is 53.4 Å². The molecule has 0 N–H and O–H groups in total. The van der Waals surface area contributed by atoms with Crippen LogP contribution in [-0.2, 0) is 6.54 Å². The average Bonchev–Trinajstić information content (AvgIpc) is 3.07. The molecule has 27 heavy (non-hydrogen) atoms. The van der Waals surface area contributed by atoms with Crippen molar-refractivity contribution in [2.24, 2.45) is 0 Å². The highest BCUT2D eigenvalue weighted by atomic mass is 19.2. The van der Waals surface area contributed by atoms with Gasteiger partial charge in [0, 0.05) is 17.8 Å². The van der Waals surface area contributed by atoms with Crippen LogP contribution in [0.4, 0.5) is 13.2 Å². The van der Waals surface area contributed by atoms with Crippen molar-refractivity contribution < 1.29 is 22.6 Å². The molecule has 0 aliphatic carbocycles. The first-order chi connectivity index (χ1) is 13.0. The molecule has 1 atom stereocenters. The highest BCUT2D eigenvalue weighted by Crippen LogP contribution is 2.28. The molecular weight excluding hydrogens is 361 g/mol. The highest BCUT2D eigenvalue weighted by Gasteiger charge is 2.23. The quantitative estimate of drug-likeness (QED) is 0.659. The van der Waals surface area contributed by atoms with Crippen LogP contribution in [0, 0.1) is 17.5 Å². The van der Waals surface area contributed by atoms with E-state index in [9.17, 15) is 18.0 Å². The Morgan fingerprint density at radius 1 is 1.07 bits per heavy atom. The first-order valence-electron chi connectivity index (χ1n) is 8.12. The Kier molecular flexibility index (Phi) is 4.31. The Balaban J connectivity index is 1.42. The molecule has 0 saturated heterocycles. The molecule has 0 amide bonds. The molecule has 2 heterocycles. The number of benzene rings is 2. The van der Waals surface area contributed by atoms with E-state index < -0.39 is 17.5 Å². The molecule has 4 rings (SSSR count). The van der Waals surface area contributed by atoms with E-state index in [0.29, 0.717) is 17.9 Å². The summed E-state index contributed by atoms with van der Waals surface area (Å²) in [5, 5.41) is 0. The zero-order valence-electron chi connectivity index (χ0n) is 13.9. The van der Waals surface area contributed by atoms with Crippen LogP contribution >= 0.6 is 0 Å². The summed E-state index contributed by atoms with van der Waals surface area (Å²) in [4.78, 5) is 15.0. The van der Waals surface area contributed by atoms with E-state index in [2.05, 4.69) is 4.98 Å². The number of halogens is 3. The minimum absolute atomic E-state index is 0.0362. The van der Waals surface area contributed by atoms with Gasteiger partial charge in [-0.2, -0.15) is 4.98 Å². The molecule has 1 aliphatic rings. The molecular formula is C19H13F3N2O3. The van der Waals surface area contributed by atoms with Gasteiger partial charge >= 0.3 is 0 Å². The molecule has 1 aromatic heterocycles. The van der Waals surface area contributed by atoms with Crippen molar-refractivity contribution in [1.29, 1.82) is 0 Å². The Hall–Kier alpha value is -3.29. The second kappa shape index (κ2) is 6.79. The van der Waals surface area contributed by atoms with Crippen LogP contribution in [-0.4, -0.2) is 22.3 Å². The minimum Gasteiger partial charge on any atom is -0.490 e. The van der Waals surface area contributed by atoms with Gasteiger partial charge in [-0.1, -0.05) is 12.1 Å². The van der Waals surface area contributed by atoms with Crippen LogP contribution in [0.2, 0.25) is 0 Å². The van der Waals surface area contributed by atoms with Gasteiger partial charge in [0.2, 0.25) is 0 Å². The number of hydrogen-bond acceptors (Lipinski definition) is 4. The van der Waals surface area contributed by atoms with E-state index in [1.165, 1.54) is 12.1 Å². The summed E-state index contributed by atoms with van der Waals surface area (Å²) >= 11 is 0. The number of rotatable bonds is 4. The van der Waals surface area contributed by atoms with Gasteiger partial charge in [-0.15, -0.1) is 0 Å². The van der Waals surface area contributed by atoms with Crippen molar-refractivity contribution in [2.45, 2.75) is 12.6 Å². The van der Waals surface area contributed by atoms with Gasteiger partial charge in [0.25, 0.3) is 11.6 Å². The molecule has 0 bridgehead atoms. The summed E-state index contributed by atoms with van der Waals surface area (Å²) < 4.78 is 53.2. The lowest BCUT2D eigenvalue weighted by molar-refractivity contribution is 0.143. The first-order valence-corrected chi connectivity index (χ1v) is 8.12. The van der Waals surface area contributed by atoms with Crippen LogP contribution in [0.3, 0.4) is 0 Å². The largest absolute Gasteiger partial charge is 0.490 e. The van der Waals surface area contributed by atoms with Gasteiger partial charge in [-0.05, 0) is 29.8 Å². The van der Waals surface area contributed by atoms with E-state index in [-0.39, 0.29) is 29.8 Å². The third-order valence-corrected chi connectivity index (χ3v) is 4.16. The molecule has 138 valence electrons. The molecule has 1 unspecified atom stereocenters. The molecule has 0 fully saturated rings. The lowest BCUT2D eigenvalue weighted by Gasteiger charge is -2.12. The van der Waals surface area contributed by atoms with Crippen molar-refractivity contribution in [3.8, 4) is 22.9 Å². The minimum atomic E-state index is -1.50. The molecule has 0 spiro atoms.